The number of carbonyl (C=O) groups excluding carboxylic acids is 2. The zero-order chi connectivity index (χ0) is 21.0. The maximum Gasteiger partial charge on any atom is 0.333 e. The smallest absolute Gasteiger partial charge is 0.331 e. The molecule has 150 valence electrons. The zero-order valence-electron chi connectivity index (χ0n) is 15.0. The molecule has 0 unspecified atom stereocenters. The Hall–Kier alpha value is -3.53. The summed E-state index contributed by atoms with van der Waals surface area (Å²) in [6, 6.07) is 4.67. The van der Waals surface area contributed by atoms with Crippen molar-refractivity contribution in [2.75, 3.05) is 0 Å². The molecule has 0 fully saturated rings. The molecule has 2 aromatic heterocycles. The SMILES string of the molecule is CC(=O)NNC(=O)NCc1ncc(-c2cc(Cl)cc(F)c2-n2cccn2)cc1F. The Balaban J connectivity index is 1.86. The van der Waals surface area contributed by atoms with E-state index in [2.05, 4.69) is 26.3 Å². The number of benzene rings is 1. The van der Waals surface area contributed by atoms with Crippen molar-refractivity contribution >= 4 is 23.5 Å². The average molecular weight is 421 g/mol. The fourth-order valence-corrected chi connectivity index (χ4v) is 2.72. The van der Waals surface area contributed by atoms with Crippen molar-refractivity contribution in [3.05, 3.63) is 65.2 Å². The summed E-state index contributed by atoms with van der Waals surface area (Å²) in [5.74, 6) is -1.80. The minimum atomic E-state index is -0.733. The van der Waals surface area contributed by atoms with E-state index in [-0.39, 0.29) is 28.5 Å². The molecule has 2 heterocycles. The van der Waals surface area contributed by atoms with Gasteiger partial charge in [-0.2, -0.15) is 5.10 Å². The number of nitrogens with one attached hydrogen (secondary N) is 3. The first-order valence-electron chi connectivity index (χ1n) is 8.29. The Morgan fingerprint density at radius 1 is 1.17 bits per heavy atom. The summed E-state index contributed by atoms with van der Waals surface area (Å²) in [5, 5.41) is 6.49. The van der Waals surface area contributed by atoms with Gasteiger partial charge in [0, 0.05) is 41.7 Å². The number of hydrogen-bond donors (Lipinski definition) is 3. The number of carbonyl (C=O) groups is 2. The lowest BCUT2D eigenvalue weighted by Gasteiger charge is -2.13. The molecule has 0 saturated heterocycles. The van der Waals surface area contributed by atoms with E-state index in [0.717, 1.165) is 12.1 Å². The second-order valence-corrected chi connectivity index (χ2v) is 6.31. The van der Waals surface area contributed by atoms with Gasteiger partial charge in [0.05, 0.1) is 12.2 Å². The largest absolute Gasteiger partial charge is 0.333 e. The number of hydrogen-bond acceptors (Lipinski definition) is 4. The molecule has 0 aliphatic carbocycles. The lowest BCUT2D eigenvalue weighted by Crippen LogP contribution is -2.45. The normalized spacial score (nSPS) is 10.5. The van der Waals surface area contributed by atoms with E-state index in [9.17, 15) is 18.4 Å². The van der Waals surface area contributed by atoms with Gasteiger partial charge >= 0.3 is 6.03 Å². The van der Waals surface area contributed by atoms with Gasteiger partial charge in [0.1, 0.15) is 11.5 Å². The maximum atomic E-state index is 14.5. The molecule has 0 aliphatic heterocycles. The van der Waals surface area contributed by atoms with Gasteiger partial charge in [0.2, 0.25) is 5.91 Å². The van der Waals surface area contributed by atoms with E-state index in [1.54, 1.807) is 12.3 Å². The highest BCUT2D eigenvalue weighted by atomic mass is 35.5. The number of halogens is 3. The molecule has 0 saturated carbocycles. The zero-order valence-corrected chi connectivity index (χ0v) is 15.8. The number of rotatable bonds is 4. The summed E-state index contributed by atoms with van der Waals surface area (Å²) in [5.41, 5.74) is 4.79. The topological polar surface area (TPSA) is 101 Å². The number of hydrazine groups is 1. The molecule has 0 aliphatic rings. The number of pyridine rings is 1. The third-order valence-electron chi connectivity index (χ3n) is 3.76. The molecule has 3 N–H and O–H groups in total. The molecule has 0 radical (unpaired) electrons. The first-order valence-corrected chi connectivity index (χ1v) is 8.67. The van der Waals surface area contributed by atoms with Crippen LogP contribution in [0, 0.1) is 11.6 Å². The van der Waals surface area contributed by atoms with Crippen LogP contribution in [0.25, 0.3) is 16.8 Å². The van der Waals surface area contributed by atoms with Gasteiger partial charge in [-0.25, -0.2) is 23.7 Å². The second-order valence-electron chi connectivity index (χ2n) is 5.88. The van der Waals surface area contributed by atoms with Crippen molar-refractivity contribution in [2.45, 2.75) is 13.5 Å². The third kappa shape index (κ3) is 4.85. The standard InChI is InChI=1S/C18H15ClF2N6O2/c1-10(28)25-26-18(29)23-9-16-14(20)5-11(8-22-16)13-6-12(19)7-15(21)17(13)27-4-2-3-24-27/h2-8H,9H2,1H3,(H,25,28)(H2,23,26,29). The van der Waals surface area contributed by atoms with Crippen LogP contribution in [0.2, 0.25) is 5.02 Å². The fourth-order valence-electron chi connectivity index (χ4n) is 2.52. The summed E-state index contributed by atoms with van der Waals surface area (Å²) >= 11 is 5.97. The molecule has 8 nitrogen and oxygen atoms in total. The summed E-state index contributed by atoms with van der Waals surface area (Å²) in [7, 11) is 0. The van der Waals surface area contributed by atoms with Gasteiger partial charge in [-0.3, -0.25) is 15.2 Å². The second kappa shape index (κ2) is 8.65. The van der Waals surface area contributed by atoms with E-state index in [4.69, 9.17) is 11.6 Å². The Morgan fingerprint density at radius 3 is 2.62 bits per heavy atom. The van der Waals surface area contributed by atoms with Crippen molar-refractivity contribution in [1.82, 2.24) is 30.9 Å². The Kier molecular flexibility index (Phi) is 6.03. The molecule has 0 atom stereocenters. The molecule has 1 aromatic carbocycles. The van der Waals surface area contributed by atoms with Crippen LogP contribution >= 0.6 is 11.6 Å². The van der Waals surface area contributed by atoms with Crippen LogP contribution < -0.4 is 16.2 Å². The molecule has 0 spiro atoms. The van der Waals surface area contributed by atoms with Gasteiger partial charge in [-0.1, -0.05) is 11.6 Å². The quantitative estimate of drug-likeness (QED) is 0.565. The van der Waals surface area contributed by atoms with Gasteiger partial charge in [0.15, 0.2) is 5.82 Å². The van der Waals surface area contributed by atoms with E-state index in [0.29, 0.717) is 5.56 Å². The molecule has 29 heavy (non-hydrogen) atoms. The lowest BCUT2D eigenvalue weighted by molar-refractivity contribution is -0.119. The van der Waals surface area contributed by atoms with Crippen LogP contribution in [-0.4, -0.2) is 26.7 Å². The van der Waals surface area contributed by atoms with Gasteiger partial charge in [-0.05, 0) is 24.3 Å². The highest BCUT2D eigenvalue weighted by Gasteiger charge is 2.17. The average Bonchev–Trinajstić information content (AvgIpc) is 3.18. The molecule has 3 aromatic rings. The van der Waals surface area contributed by atoms with Crippen LogP contribution in [0.4, 0.5) is 13.6 Å². The third-order valence-corrected chi connectivity index (χ3v) is 3.98. The molecular formula is C18H15ClF2N6O2. The molecule has 3 rings (SSSR count). The Bertz CT molecular complexity index is 1060. The van der Waals surface area contributed by atoms with Gasteiger partial charge in [0.25, 0.3) is 0 Å². The molecule has 11 heteroatoms. The van der Waals surface area contributed by atoms with Crippen LogP contribution in [0.3, 0.4) is 0 Å². The predicted molar refractivity (Wildman–Crippen MR) is 101 cm³/mol. The van der Waals surface area contributed by atoms with Crippen molar-refractivity contribution in [3.63, 3.8) is 0 Å². The van der Waals surface area contributed by atoms with Crippen molar-refractivity contribution in [1.29, 1.82) is 0 Å². The predicted octanol–water partition coefficient (Wildman–Crippen LogP) is 2.72. The lowest BCUT2D eigenvalue weighted by atomic mass is 10.0. The maximum absolute atomic E-state index is 14.5. The summed E-state index contributed by atoms with van der Waals surface area (Å²) in [4.78, 5) is 26.3. The van der Waals surface area contributed by atoms with E-state index in [1.807, 2.05) is 0 Å². The number of nitrogens with zero attached hydrogens (tertiary/aromatic N) is 3. The minimum absolute atomic E-state index is 0.0464. The summed E-state index contributed by atoms with van der Waals surface area (Å²) in [6.45, 7) is 0.990. The van der Waals surface area contributed by atoms with Crippen LogP contribution in [-0.2, 0) is 11.3 Å². The van der Waals surface area contributed by atoms with Crippen LogP contribution in [0.15, 0.2) is 42.9 Å². The summed E-state index contributed by atoms with van der Waals surface area (Å²) < 4.78 is 30.4. The molecular weight excluding hydrogens is 406 g/mol. The highest BCUT2D eigenvalue weighted by Crippen LogP contribution is 2.32. The van der Waals surface area contributed by atoms with E-state index < -0.39 is 23.6 Å². The van der Waals surface area contributed by atoms with Crippen molar-refractivity contribution in [2.24, 2.45) is 0 Å². The minimum Gasteiger partial charge on any atom is -0.331 e. The number of urea groups is 1. The van der Waals surface area contributed by atoms with Crippen molar-refractivity contribution < 1.29 is 18.4 Å². The van der Waals surface area contributed by atoms with E-state index in [1.165, 1.54) is 30.1 Å². The van der Waals surface area contributed by atoms with Crippen LogP contribution in [0.5, 0.6) is 0 Å². The first-order chi connectivity index (χ1) is 13.8. The number of amides is 3. The first kappa shape index (κ1) is 20.2. The molecule has 3 amide bonds. The van der Waals surface area contributed by atoms with E-state index >= 15 is 0 Å². The fraction of sp³-hybridized carbons (Fsp3) is 0.111. The van der Waals surface area contributed by atoms with Gasteiger partial charge < -0.3 is 5.32 Å². The van der Waals surface area contributed by atoms with Gasteiger partial charge in [-0.15, -0.1) is 0 Å². The summed E-state index contributed by atoms with van der Waals surface area (Å²) in [6.07, 6.45) is 4.37. The monoisotopic (exact) mass is 420 g/mol. The Morgan fingerprint density at radius 2 is 1.97 bits per heavy atom. The Labute approximate surface area is 168 Å². The number of aromatic nitrogens is 3. The highest BCUT2D eigenvalue weighted by molar-refractivity contribution is 6.31. The van der Waals surface area contributed by atoms with Crippen molar-refractivity contribution in [3.8, 4) is 16.8 Å². The van der Waals surface area contributed by atoms with Crippen LogP contribution in [0.1, 0.15) is 12.6 Å². The molecule has 0 bridgehead atoms.